The van der Waals surface area contributed by atoms with Gasteiger partial charge in [0.15, 0.2) is 5.96 Å². The number of nitrogens with one attached hydrogen (secondary N) is 1. The van der Waals surface area contributed by atoms with Crippen molar-refractivity contribution in [1.82, 2.24) is 0 Å². The van der Waals surface area contributed by atoms with Crippen LogP contribution in [0.3, 0.4) is 0 Å². The molecule has 0 aliphatic heterocycles. The second-order valence-corrected chi connectivity index (χ2v) is 5.87. The molecule has 120 valence electrons. The van der Waals surface area contributed by atoms with Gasteiger partial charge in [-0.2, -0.15) is 0 Å². The maximum absolute atomic E-state index is 11.4. The highest BCUT2D eigenvalue weighted by Gasteiger charge is 2.10. The number of carbonyl (C=O) groups excluding carboxylic acids is 1. The molecule has 1 aliphatic carbocycles. The SMILES string of the molecule is CC(C)OC(=O)CCCN=C(N)Nc1ccc2c(c1)CCC2. The quantitative estimate of drug-likeness (QED) is 0.366. The van der Waals surface area contributed by atoms with E-state index >= 15 is 0 Å². The van der Waals surface area contributed by atoms with Crippen LogP contribution in [0.4, 0.5) is 5.69 Å². The largest absolute Gasteiger partial charge is 0.463 e. The molecule has 0 heterocycles. The number of ether oxygens (including phenoxy) is 1. The average molecular weight is 303 g/mol. The Balaban J connectivity index is 1.75. The fourth-order valence-corrected chi connectivity index (χ4v) is 2.58. The van der Waals surface area contributed by atoms with E-state index in [-0.39, 0.29) is 12.1 Å². The molecule has 22 heavy (non-hydrogen) atoms. The standard InChI is InChI=1S/C17H25N3O2/c1-12(2)22-16(21)7-4-10-19-17(18)20-15-9-8-13-5-3-6-14(13)11-15/h8-9,11-12H,3-7,10H2,1-2H3,(H3,18,19,20). The number of nitrogens with two attached hydrogens (primary N) is 1. The van der Waals surface area contributed by atoms with Crippen LogP contribution in [0.1, 0.15) is 44.2 Å². The van der Waals surface area contributed by atoms with E-state index in [1.54, 1.807) is 0 Å². The number of carbonyl (C=O) groups is 1. The van der Waals surface area contributed by atoms with Crippen LogP contribution < -0.4 is 11.1 Å². The Morgan fingerprint density at radius 3 is 2.91 bits per heavy atom. The first kappa shape index (κ1) is 16.3. The van der Waals surface area contributed by atoms with Crippen LogP contribution in [-0.4, -0.2) is 24.6 Å². The minimum Gasteiger partial charge on any atom is -0.463 e. The summed E-state index contributed by atoms with van der Waals surface area (Å²) >= 11 is 0. The van der Waals surface area contributed by atoms with Gasteiger partial charge in [0.25, 0.3) is 0 Å². The highest BCUT2D eigenvalue weighted by Crippen LogP contribution is 2.24. The molecule has 0 bridgehead atoms. The van der Waals surface area contributed by atoms with Gasteiger partial charge >= 0.3 is 5.97 Å². The zero-order valence-electron chi connectivity index (χ0n) is 13.4. The molecule has 0 spiro atoms. The van der Waals surface area contributed by atoms with Crippen molar-refractivity contribution in [2.45, 2.75) is 52.1 Å². The van der Waals surface area contributed by atoms with Crippen LogP contribution in [0.5, 0.6) is 0 Å². The van der Waals surface area contributed by atoms with E-state index in [9.17, 15) is 4.79 Å². The summed E-state index contributed by atoms with van der Waals surface area (Å²) in [4.78, 5) is 15.6. The van der Waals surface area contributed by atoms with Gasteiger partial charge in [0, 0.05) is 18.7 Å². The Bertz CT molecular complexity index is 553. The number of anilines is 1. The summed E-state index contributed by atoms with van der Waals surface area (Å²) in [7, 11) is 0. The van der Waals surface area contributed by atoms with E-state index in [0.717, 1.165) is 12.1 Å². The van der Waals surface area contributed by atoms with Crippen LogP contribution in [0, 0.1) is 0 Å². The zero-order chi connectivity index (χ0) is 15.9. The Morgan fingerprint density at radius 1 is 1.36 bits per heavy atom. The van der Waals surface area contributed by atoms with Crippen molar-refractivity contribution in [2.75, 3.05) is 11.9 Å². The highest BCUT2D eigenvalue weighted by molar-refractivity contribution is 5.92. The molecule has 0 aromatic heterocycles. The normalized spacial score (nSPS) is 14.0. The fraction of sp³-hybridized carbons (Fsp3) is 0.529. The fourth-order valence-electron chi connectivity index (χ4n) is 2.58. The predicted octanol–water partition coefficient (Wildman–Crippen LogP) is 2.63. The van der Waals surface area contributed by atoms with Gasteiger partial charge in [0.05, 0.1) is 6.10 Å². The van der Waals surface area contributed by atoms with E-state index in [1.165, 1.54) is 24.0 Å². The van der Waals surface area contributed by atoms with E-state index < -0.39 is 0 Å². The van der Waals surface area contributed by atoms with E-state index in [4.69, 9.17) is 10.5 Å². The van der Waals surface area contributed by atoms with Gasteiger partial charge in [-0.15, -0.1) is 0 Å². The highest BCUT2D eigenvalue weighted by atomic mass is 16.5. The van der Waals surface area contributed by atoms with E-state index in [2.05, 4.69) is 22.4 Å². The van der Waals surface area contributed by atoms with Gasteiger partial charge in [0.2, 0.25) is 0 Å². The van der Waals surface area contributed by atoms with Crippen molar-refractivity contribution in [3.05, 3.63) is 29.3 Å². The average Bonchev–Trinajstić information content (AvgIpc) is 2.90. The number of fused-ring (bicyclic) bond motifs is 1. The number of nitrogens with zero attached hydrogens (tertiary/aromatic N) is 1. The van der Waals surface area contributed by atoms with Crippen LogP contribution in [0.2, 0.25) is 0 Å². The Kier molecular flexibility index (Phi) is 5.81. The topological polar surface area (TPSA) is 76.7 Å². The number of rotatable bonds is 6. The lowest BCUT2D eigenvalue weighted by Crippen LogP contribution is -2.23. The number of benzene rings is 1. The number of aryl methyl sites for hydroxylation is 2. The Hall–Kier alpha value is -2.04. The third-order valence-corrected chi connectivity index (χ3v) is 3.56. The van der Waals surface area contributed by atoms with Gasteiger partial charge in [0.1, 0.15) is 0 Å². The Labute approximate surface area is 132 Å². The molecule has 0 fully saturated rings. The van der Waals surface area contributed by atoms with Gasteiger partial charge in [-0.1, -0.05) is 6.07 Å². The first-order valence-electron chi connectivity index (χ1n) is 7.93. The van der Waals surface area contributed by atoms with Crippen LogP contribution in [0.15, 0.2) is 23.2 Å². The van der Waals surface area contributed by atoms with Crippen LogP contribution >= 0.6 is 0 Å². The van der Waals surface area contributed by atoms with Crippen molar-refractivity contribution in [2.24, 2.45) is 10.7 Å². The molecule has 2 rings (SSSR count). The second-order valence-electron chi connectivity index (χ2n) is 5.87. The monoisotopic (exact) mass is 303 g/mol. The minimum atomic E-state index is -0.185. The molecule has 0 amide bonds. The van der Waals surface area contributed by atoms with E-state index in [1.807, 2.05) is 19.9 Å². The first-order chi connectivity index (χ1) is 10.5. The smallest absolute Gasteiger partial charge is 0.306 e. The van der Waals surface area contributed by atoms with Gasteiger partial charge in [-0.05, 0) is 62.8 Å². The summed E-state index contributed by atoms with van der Waals surface area (Å²) < 4.78 is 5.06. The first-order valence-corrected chi connectivity index (χ1v) is 7.93. The third-order valence-electron chi connectivity index (χ3n) is 3.56. The van der Waals surface area contributed by atoms with Crippen LogP contribution in [-0.2, 0) is 22.4 Å². The predicted molar refractivity (Wildman–Crippen MR) is 89.0 cm³/mol. The maximum atomic E-state index is 11.4. The molecule has 0 saturated carbocycles. The molecule has 3 N–H and O–H groups in total. The summed E-state index contributed by atoms with van der Waals surface area (Å²) in [6.45, 7) is 4.19. The zero-order valence-corrected chi connectivity index (χ0v) is 13.4. The molecular weight excluding hydrogens is 278 g/mol. The molecular formula is C17H25N3O2. The summed E-state index contributed by atoms with van der Waals surface area (Å²) in [6, 6.07) is 6.33. The second kappa shape index (κ2) is 7.82. The van der Waals surface area contributed by atoms with Crippen molar-refractivity contribution in [3.63, 3.8) is 0 Å². The summed E-state index contributed by atoms with van der Waals surface area (Å²) in [5.41, 5.74) is 9.68. The Morgan fingerprint density at radius 2 is 2.14 bits per heavy atom. The van der Waals surface area contributed by atoms with E-state index in [0.29, 0.717) is 25.3 Å². The van der Waals surface area contributed by atoms with Gasteiger partial charge < -0.3 is 15.8 Å². The third kappa shape index (κ3) is 5.06. The minimum absolute atomic E-state index is 0.0671. The number of esters is 1. The molecule has 1 aromatic rings. The molecule has 0 unspecified atom stereocenters. The maximum Gasteiger partial charge on any atom is 0.306 e. The van der Waals surface area contributed by atoms with Crippen molar-refractivity contribution in [3.8, 4) is 0 Å². The lowest BCUT2D eigenvalue weighted by molar-refractivity contribution is -0.147. The number of aliphatic imine (C=N–C) groups is 1. The molecule has 5 heteroatoms. The number of hydrogen-bond acceptors (Lipinski definition) is 3. The molecule has 1 aromatic carbocycles. The number of guanidine groups is 1. The van der Waals surface area contributed by atoms with Gasteiger partial charge in [-0.3, -0.25) is 9.79 Å². The molecule has 0 saturated heterocycles. The summed E-state index contributed by atoms with van der Waals surface area (Å²) in [6.07, 6.45) is 4.48. The lowest BCUT2D eigenvalue weighted by atomic mass is 10.1. The molecule has 0 radical (unpaired) electrons. The molecule has 1 aliphatic rings. The number of hydrogen-bond donors (Lipinski definition) is 2. The van der Waals surface area contributed by atoms with Crippen molar-refractivity contribution < 1.29 is 9.53 Å². The summed E-state index contributed by atoms with van der Waals surface area (Å²) in [5.74, 6) is 0.200. The van der Waals surface area contributed by atoms with Gasteiger partial charge in [-0.25, -0.2) is 0 Å². The molecule has 5 nitrogen and oxygen atoms in total. The summed E-state index contributed by atoms with van der Waals surface area (Å²) in [5, 5.41) is 3.10. The molecule has 0 atom stereocenters. The van der Waals surface area contributed by atoms with Crippen LogP contribution in [0.25, 0.3) is 0 Å². The van der Waals surface area contributed by atoms with Crippen molar-refractivity contribution in [1.29, 1.82) is 0 Å². The van der Waals surface area contributed by atoms with Crippen molar-refractivity contribution >= 4 is 17.6 Å². The lowest BCUT2D eigenvalue weighted by Gasteiger charge is -2.08.